The average molecular weight is 150 g/mol. The summed E-state index contributed by atoms with van der Waals surface area (Å²) in [6, 6.07) is 0. The van der Waals surface area contributed by atoms with Crippen LogP contribution in [-0.2, 0) is 4.79 Å². The molecule has 2 aliphatic carbocycles. The molecule has 0 saturated heterocycles. The lowest BCUT2D eigenvalue weighted by molar-refractivity contribution is -0.121. The van der Waals surface area contributed by atoms with E-state index in [1.54, 1.807) is 0 Å². The van der Waals surface area contributed by atoms with E-state index in [9.17, 15) is 4.79 Å². The number of allylic oxidation sites excluding steroid dienone is 2. The van der Waals surface area contributed by atoms with Crippen LogP contribution in [0.25, 0.3) is 0 Å². The third kappa shape index (κ3) is 0.741. The van der Waals surface area contributed by atoms with E-state index in [2.05, 4.69) is 20.8 Å². The van der Waals surface area contributed by atoms with Crippen molar-refractivity contribution in [3.8, 4) is 0 Å². The summed E-state index contributed by atoms with van der Waals surface area (Å²) in [6.07, 6.45) is 1.86. The van der Waals surface area contributed by atoms with Crippen LogP contribution in [-0.4, -0.2) is 5.78 Å². The number of fused-ring (bicyclic) bond motifs is 1. The highest BCUT2D eigenvalue weighted by molar-refractivity contribution is 5.94. The monoisotopic (exact) mass is 150 g/mol. The standard InChI is InChI=1S/C10H14O/c1-6(2)7-4-9(11)10(3)5-8(7)10/h8H,4-5H2,1-3H3/t8-,10-/m0/s1. The SMILES string of the molecule is CC(C)=C1CC(=O)[C@@]2(C)C[C@@H]12. The Morgan fingerprint density at radius 2 is 2.18 bits per heavy atom. The molecule has 0 aromatic heterocycles. The first kappa shape index (κ1) is 7.08. The van der Waals surface area contributed by atoms with Gasteiger partial charge in [-0.3, -0.25) is 4.79 Å². The lowest BCUT2D eigenvalue weighted by atomic mass is 10.1. The van der Waals surface area contributed by atoms with Gasteiger partial charge in [0, 0.05) is 11.8 Å². The van der Waals surface area contributed by atoms with Crippen LogP contribution in [0.15, 0.2) is 11.1 Å². The molecule has 0 heterocycles. The van der Waals surface area contributed by atoms with Crippen molar-refractivity contribution in [2.45, 2.75) is 33.6 Å². The molecule has 2 fully saturated rings. The first-order chi connectivity index (χ1) is 5.05. The summed E-state index contributed by atoms with van der Waals surface area (Å²) in [5.41, 5.74) is 2.87. The normalized spacial score (nSPS) is 40.8. The van der Waals surface area contributed by atoms with Gasteiger partial charge in [0.1, 0.15) is 5.78 Å². The maximum Gasteiger partial charge on any atom is 0.143 e. The maximum atomic E-state index is 11.4. The molecule has 0 aromatic rings. The lowest BCUT2D eigenvalue weighted by Gasteiger charge is -1.99. The molecule has 2 aliphatic rings. The van der Waals surface area contributed by atoms with Crippen LogP contribution in [0.2, 0.25) is 0 Å². The van der Waals surface area contributed by atoms with E-state index in [1.165, 1.54) is 11.1 Å². The van der Waals surface area contributed by atoms with Crippen molar-refractivity contribution in [2.75, 3.05) is 0 Å². The lowest BCUT2D eigenvalue weighted by Crippen LogP contribution is -2.05. The Labute approximate surface area is 67.5 Å². The molecular weight excluding hydrogens is 136 g/mol. The summed E-state index contributed by atoms with van der Waals surface area (Å²) < 4.78 is 0. The minimum absolute atomic E-state index is 0.0760. The average Bonchev–Trinajstić information content (AvgIpc) is 2.51. The second-order valence-electron chi connectivity index (χ2n) is 4.30. The predicted octanol–water partition coefficient (Wildman–Crippen LogP) is 2.32. The number of hydrogen-bond donors (Lipinski definition) is 0. The van der Waals surface area contributed by atoms with Crippen LogP contribution < -0.4 is 0 Å². The van der Waals surface area contributed by atoms with Crippen molar-refractivity contribution in [1.82, 2.24) is 0 Å². The zero-order chi connectivity index (χ0) is 8.22. The fourth-order valence-corrected chi connectivity index (χ4v) is 2.20. The number of Topliss-reactive ketones (excluding diaryl/α,β-unsaturated/α-hetero) is 1. The number of carbonyl (C=O) groups is 1. The van der Waals surface area contributed by atoms with Crippen LogP contribution >= 0.6 is 0 Å². The Kier molecular flexibility index (Phi) is 1.14. The quantitative estimate of drug-likeness (QED) is 0.484. The molecule has 2 saturated carbocycles. The van der Waals surface area contributed by atoms with Gasteiger partial charge in [-0.15, -0.1) is 0 Å². The van der Waals surface area contributed by atoms with Gasteiger partial charge < -0.3 is 0 Å². The van der Waals surface area contributed by atoms with Crippen molar-refractivity contribution in [3.05, 3.63) is 11.1 Å². The van der Waals surface area contributed by atoms with E-state index in [0.29, 0.717) is 11.7 Å². The van der Waals surface area contributed by atoms with E-state index in [1.807, 2.05) is 0 Å². The van der Waals surface area contributed by atoms with Gasteiger partial charge in [0.2, 0.25) is 0 Å². The molecule has 0 radical (unpaired) electrons. The van der Waals surface area contributed by atoms with E-state index in [0.717, 1.165) is 12.8 Å². The molecule has 0 spiro atoms. The molecule has 0 unspecified atom stereocenters. The van der Waals surface area contributed by atoms with Gasteiger partial charge in [0.25, 0.3) is 0 Å². The van der Waals surface area contributed by atoms with Gasteiger partial charge in [-0.25, -0.2) is 0 Å². The number of carbonyl (C=O) groups excluding carboxylic acids is 1. The third-order valence-corrected chi connectivity index (χ3v) is 3.29. The molecule has 1 nitrogen and oxygen atoms in total. The summed E-state index contributed by atoms with van der Waals surface area (Å²) in [5, 5.41) is 0. The van der Waals surface area contributed by atoms with Gasteiger partial charge in [-0.05, 0) is 26.2 Å². The van der Waals surface area contributed by atoms with Crippen LogP contribution in [0.1, 0.15) is 33.6 Å². The topological polar surface area (TPSA) is 17.1 Å². The molecule has 0 aromatic carbocycles. The summed E-state index contributed by atoms with van der Waals surface area (Å²) in [6.45, 7) is 6.34. The Morgan fingerprint density at radius 3 is 2.36 bits per heavy atom. The summed E-state index contributed by atoms with van der Waals surface area (Å²) >= 11 is 0. The third-order valence-electron chi connectivity index (χ3n) is 3.29. The molecule has 0 aliphatic heterocycles. The minimum atomic E-state index is 0.0760. The Bertz CT molecular complexity index is 258. The molecule has 11 heavy (non-hydrogen) atoms. The Balaban J connectivity index is 2.37. The zero-order valence-electron chi connectivity index (χ0n) is 7.40. The highest BCUT2D eigenvalue weighted by Gasteiger charge is 2.61. The fourth-order valence-electron chi connectivity index (χ4n) is 2.20. The van der Waals surface area contributed by atoms with Gasteiger partial charge in [-0.1, -0.05) is 18.1 Å². The first-order valence-corrected chi connectivity index (χ1v) is 4.25. The van der Waals surface area contributed by atoms with Crippen molar-refractivity contribution in [2.24, 2.45) is 11.3 Å². The molecule has 2 rings (SSSR count). The molecule has 60 valence electrons. The van der Waals surface area contributed by atoms with E-state index in [4.69, 9.17) is 0 Å². The minimum Gasteiger partial charge on any atom is -0.299 e. The fraction of sp³-hybridized carbons (Fsp3) is 0.700. The molecule has 1 heteroatoms. The predicted molar refractivity (Wildman–Crippen MR) is 44.2 cm³/mol. The number of hydrogen-bond acceptors (Lipinski definition) is 1. The van der Waals surface area contributed by atoms with Gasteiger partial charge in [-0.2, -0.15) is 0 Å². The van der Waals surface area contributed by atoms with Crippen molar-refractivity contribution in [1.29, 1.82) is 0 Å². The largest absolute Gasteiger partial charge is 0.299 e. The molecule has 2 atom stereocenters. The highest BCUT2D eigenvalue weighted by Crippen LogP contribution is 2.63. The smallest absolute Gasteiger partial charge is 0.143 e. The van der Waals surface area contributed by atoms with Crippen molar-refractivity contribution < 1.29 is 4.79 Å². The molecule has 0 bridgehead atoms. The first-order valence-electron chi connectivity index (χ1n) is 4.25. The number of ketones is 1. The summed E-state index contributed by atoms with van der Waals surface area (Å²) in [4.78, 5) is 11.4. The van der Waals surface area contributed by atoms with Crippen LogP contribution in [0.3, 0.4) is 0 Å². The molecular formula is C10H14O. The maximum absolute atomic E-state index is 11.4. The summed E-state index contributed by atoms with van der Waals surface area (Å²) in [7, 11) is 0. The van der Waals surface area contributed by atoms with Crippen LogP contribution in [0.4, 0.5) is 0 Å². The van der Waals surface area contributed by atoms with Crippen molar-refractivity contribution >= 4 is 5.78 Å². The van der Waals surface area contributed by atoms with Crippen LogP contribution in [0.5, 0.6) is 0 Å². The van der Waals surface area contributed by atoms with E-state index < -0.39 is 0 Å². The molecule has 0 N–H and O–H groups in total. The molecule has 0 amide bonds. The van der Waals surface area contributed by atoms with E-state index in [-0.39, 0.29) is 5.41 Å². The second-order valence-corrected chi connectivity index (χ2v) is 4.30. The Morgan fingerprint density at radius 1 is 1.55 bits per heavy atom. The second kappa shape index (κ2) is 1.77. The zero-order valence-corrected chi connectivity index (χ0v) is 7.40. The van der Waals surface area contributed by atoms with E-state index >= 15 is 0 Å². The Hall–Kier alpha value is -0.590. The summed E-state index contributed by atoms with van der Waals surface area (Å²) in [5.74, 6) is 1.10. The van der Waals surface area contributed by atoms with Gasteiger partial charge in [0.05, 0.1) is 0 Å². The van der Waals surface area contributed by atoms with Gasteiger partial charge >= 0.3 is 0 Å². The number of rotatable bonds is 0. The highest BCUT2D eigenvalue weighted by atomic mass is 16.1. The van der Waals surface area contributed by atoms with Crippen molar-refractivity contribution in [3.63, 3.8) is 0 Å². The van der Waals surface area contributed by atoms with Crippen LogP contribution in [0, 0.1) is 11.3 Å². The van der Waals surface area contributed by atoms with Gasteiger partial charge in [0.15, 0.2) is 0 Å².